The Balaban J connectivity index is 1.85. The number of benzene rings is 2. The van der Waals surface area contributed by atoms with Crippen LogP contribution in [0.2, 0.25) is 0 Å². The van der Waals surface area contributed by atoms with Crippen molar-refractivity contribution in [1.82, 2.24) is 10.6 Å². The standard InChI is InChI=1S/C21H26N2O4/c1-22-9-3-11-25-15-5-7-17-19(13-15)27-20-14-16(26-12-4-10-23-2)6-8-18(20)21(17)24/h5-8,13-14,22-23H,3-4,9-12H2,1-2H3. The van der Waals surface area contributed by atoms with Crippen molar-refractivity contribution in [3.63, 3.8) is 0 Å². The van der Waals surface area contributed by atoms with Gasteiger partial charge < -0.3 is 24.5 Å². The van der Waals surface area contributed by atoms with Crippen molar-refractivity contribution in [3.05, 3.63) is 46.6 Å². The van der Waals surface area contributed by atoms with Gasteiger partial charge in [-0.3, -0.25) is 4.79 Å². The number of rotatable bonds is 10. The topological polar surface area (TPSA) is 72.7 Å². The van der Waals surface area contributed by atoms with Crippen LogP contribution in [0.25, 0.3) is 21.9 Å². The van der Waals surface area contributed by atoms with Crippen molar-refractivity contribution in [1.29, 1.82) is 0 Å². The van der Waals surface area contributed by atoms with Crippen LogP contribution in [0.5, 0.6) is 11.5 Å². The van der Waals surface area contributed by atoms with E-state index in [1.165, 1.54) is 0 Å². The van der Waals surface area contributed by atoms with Gasteiger partial charge in [0.15, 0.2) is 0 Å². The molecule has 0 amide bonds. The van der Waals surface area contributed by atoms with Crippen LogP contribution in [-0.2, 0) is 0 Å². The summed E-state index contributed by atoms with van der Waals surface area (Å²) in [7, 11) is 3.82. The number of ether oxygens (including phenoxy) is 2. The Kier molecular flexibility index (Phi) is 6.68. The minimum Gasteiger partial charge on any atom is -0.493 e. The molecule has 1 heterocycles. The third-order valence-corrected chi connectivity index (χ3v) is 4.30. The van der Waals surface area contributed by atoms with Crippen LogP contribution < -0.4 is 25.5 Å². The lowest BCUT2D eigenvalue weighted by Gasteiger charge is -2.09. The van der Waals surface area contributed by atoms with Gasteiger partial charge >= 0.3 is 0 Å². The largest absolute Gasteiger partial charge is 0.493 e. The quantitative estimate of drug-likeness (QED) is 0.422. The van der Waals surface area contributed by atoms with Gasteiger partial charge in [-0.15, -0.1) is 0 Å². The smallest absolute Gasteiger partial charge is 0.200 e. The maximum Gasteiger partial charge on any atom is 0.200 e. The zero-order valence-corrected chi connectivity index (χ0v) is 15.8. The van der Waals surface area contributed by atoms with Gasteiger partial charge in [-0.2, -0.15) is 0 Å². The first-order valence-corrected chi connectivity index (χ1v) is 9.28. The fourth-order valence-corrected chi connectivity index (χ4v) is 2.87. The first-order chi connectivity index (χ1) is 13.2. The summed E-state index contributed by atoms with van der Waals surface area (Å²) in [6, 6.07) is 10.7. The Bertz CT molecular complexity index is 879. The predicted octanol–water partition coefficient (Wildman–Crippen LogP) is 2.92. The van der Waals surface area contributed by atoms with Crippen LogP contribution in [0.15, 0.2) is 45.6 Å². The van der Waals surface area contributed by atoms with Crippen LogP contribution in [0, 0.1) is 0 Å². The molecule has 0 atom stereocenters. The number of fused-ring (bicyclic) bond motifs is 2. The normalized spacial score (nSPS) is 11.2. The van der Waals surface area contributed by atoms with Crippen LogP contribution >= 0.6 is 0 Å². The molecule has 0 unspecified atom stereocenters. The zero-order chi connectivity index (χ0) is 19.1. The summed E-state index contributed by atoms with van der Waals surface area (Å²) < 4.78 is 17.4. The zero-order valence-electron chi connectivity index (χ0n) is 15.8. The molecule has 2 N–H and O–H groups in total. The molecular weight excluding hydrogens is 344 g/mol. The summed E-state index contributed by atoms with van der Waals surface area (Å²) >= 11 is 0. The molecule has 0 fully saturated rings. The second-order valence-electron chi connectivity index (χ2n) is 6.36. The van der Waals surface area contributed by atoms with Gasteiger partial charge in [-0.1, -0.05) is 0 Å². The van der Waals surface area contributed by atoms with E-state index in [-0.39, 0.29) is 5.43 Å². The fourth-order valence-electron chi connectivity index (χ4n) is 2.87. The highest BCUT2D eigenvalue weighted by atomic mass is 16.5. The van der Waals surface area contributed by atoms with Crippen molar-refractivity contribution in [2.45, 2.75) is 12.8 Å². The molecule has 0 spiro atoms. The molecule has 0 aliphatic carbocycles. The minimum atomic E-state index is -0.0466. The third-order valence-electron chi connectivity index (χ3n) is 4.30. The van der Waals surface area contributed by atoms with Crippen molar-refractivity contribution >= 4 is 21.9 Å². The van der Waals surface area contributed by atoms with Gasteiger partial charge in [0.2, 0.25) is 5.43 Å². The Labute approximate surface area is 158 Å². The van der Waals surface area contributed by atoms with E-state index in [1.54, 1.807) is 24.3 Å². The van der Waals surface area contributed by atoms with E-state index in [2.05, 4.69) is 10.6 Å². The molecule has 2 aromatic carbocycles. The third kappa shape index (κ3) is 4.78. The number of hydrogen-bond donors (Lipinski definition) is 2. The van der Waals surface area contributed by atoms with Gasteiger partial charge in [-0.05, 0) is 64.3 Å². The molecule has 6 nitrogen and oxygen atoms in total. The van der Waals surface area contributed by atoms with Gasteiger partial charge in [0.1, 0.15) is 22.7 Å². The predicted molar refractivity (Wildman–Crippen MR) is 108 cm³/mol. The summed E-state index contributed by atoms with van der Waals surface area (Å²) in [4.78, 5) is 12.8. The van der Waals surface area contributed by atoms with Crippen LogP contribution in [0.3, 0.4) is 0 Å². The molecule has 0 saturated carbocycles. The van der Waals surface area contributed by atoms with Gasteiger partial charge in [0.05, 0.1) is 24.0 Å². The summed E-state index contributed by atoms with van der Waals surface area (Å²) in [5.74, 6) is 1.39. The van der Waals surface area contributed by atoms with Crippen LogP contribution in [-0.4, -0.2) is 40.4 Å². The minimum absolute atomic E-state index is 0.0466. The fraction of sp³-hybridized carbons (Fsp3) is 0.381. The molecule has 0 aliphatic heterocycles. The SMILES string of the molecule is CNCCCOc1ccc2c(=O)c3ccc(OCCCNC)cc3oc2c1. The van der Waals surface area contributed by atoms with Crippen molar-refractivity contribution in [3.8, 4) is 11.5 Å². The Morgan fingerprint density at radius 1 is 0.815 bits per heavy atom. The van der Waals surface area contributed by atoms with Crippen LogP contribution in [0.1, 0.15) is 12.8 Å². The summed E-state index contributed by atoms with van der Waals surface area (Å²) in [5.41, 5.74) is 0.992. The molecule has 3 aromatic rings. The number of hydrogen-bond acceptors (Lipinski definition) is 6. The molecule has 0 saturated heterocycles. The molecule has 27 heavy (non-hydrogen) atoms. The summed E-state index contributed by atoms with van der Waals surface area (Å²) in [6.45, 7) is 3.00. The van der Waals surface area contributed by atoms with E-state index < -0.39 is 0 Å². The van der Waals surface area contributed by atoms with Crippen molar-refractivity contribution in [2.24, 2.45) is 0 Å². The lowest BCUT2D eigenvalue weighted by Crippen LogP contribution is -2.11. The van der Waals surface area contributed by atoms with Gasteiger partial charge in [0, 0.05) is 12.1 Å². The molecule has 1 aromatic heterocycles. The summed E-state index contributed by atoms with van der Waals surface area (Å²) in [6.07, 6.45) is 1.81. The van der Waals surface area contributed by atoms with E-state index in [0.717, 1.165) is 25.9 Å². The highest BCUT2D eigenvalue weighted by molar-refractivity contribution is 5.90. The lowest BCUT2D eigenvalue weighted by molar-refractivity contribution is 0.309. The lowest BCUT2D eigenvalue weighted by atomic mass is 10.1. The Morgan fingerprint density at radius 3 is 1.74 bits per heavy atom. The van der Waals surface area contributed by atoms with Crippen LogP contribution in [0.4, 0.5) is 0 Å². The second-order valence-corrected chi connectivity index (χ2v) is 6.36. The van der Waals surface area contributed by atoms with E-state index in [1.807, 2.05) is 26.2 Å². The highest BCUT2D eigenvalue weighted by Crippen LogP contribution is 2.25. The molecule has 0 aliphatic rings. The first kappa shape index (κ1) is 19.2. The Morgan fingerprint density at radius 2 is 1.30 bits per heavy atom. The Hall–Kier alpha value is -2.57. The highest BCUT2D eigenvalue weighted by Gasteiger charge is 2.10. The van der Waals surface area contributed by atoms with E-state index in [0.29, 0.717) is 46.7 Å². The maximum atomic E-state index is 12.8. The van der Waals surface area contributed by atoms with E-state index >= 15 is 0 Å². The van der Waals surface area contributed by atoms with E-state index in [9.17, 15) is 4.79 Å². The van der Waals surface area contributed by atoms with Crippen molar-refractivity contribution in [2.75, 3.05) is 40.4 Å². The maximum absolute atomic E-state index is 12.8. The van der Waals surface area contributed by atoms with E-state index in [4.69, 9.17) is 13.9 Å². The second kappa shape index (κ2) is 9.39. The molecule has 6 heteroatoms. The molecule has 144 valence electrons. The molecule has 3 rings (SSSR count). The summed E-state index contributed by atoms with van der Waals surface area (Å²) in [5, 5.41) is 7.26. The monoisotopic (exact) mass is 370 g/mol. The average molecular weight is 370 g/mol. The van der Waals surface area contributed by atoms with Crippen molar-refractivity contribution < 1.29 is 13.9 Å². The van der Waals surface area contributed by atoms with Gasteiger partial charge in [-0.25, -0.2) is 0 Å². The molecule has 0 bridgehead atoms. The molecule has 0 radical (unpaired) electrons. The van der Waals surface area contributed by atoms with Gasteiger partial charge in [0.25, 0.3) is 0 Å². The number of nitrogens with one attached hydrogen (secondary N) is 2. The molecular formula is C21H26N2O4. The average Bonchev–Trinajstić information content (AvgIpc) is 2.68. The first-order valence-electron chi connectivity index (χ1n) is 9.28.